The molecule has 0 aliphatic carbocycles. The molecule has 2 atom stereocenters. The third-order valence-electron chi connectivity index (χ3n) is 7.45. The summed E-state index contributed by atoms with van der Waals surface area (Å²) in [5.41, 5.74) is 4.63. The van der Waals surface area contributed by atoms with Gasteiger partial charge in [0, 0.05) is 47.1 Å². The number of H-pyrrole nitrogens is 1. The molecule has 2 aliphatic rings. The number of nitrogens with one attached hydrogen (secondary N) is 1. The molecule has 0 amide bonds. The summed E-state index contributed by atoms with van der Waals surface area (Å²) in [6, 6.07) is 15.9. The van der Waals surface area contributed by atoms with E-state index in [1.165, 1.54) is 30.2 Å². The smallest absolute Gasteiger partial charge is 0.226 e. The Hall–Kier alpha value is -3.13. The number of fused-ring (bicyclic) bond motifs is 3. The summed E-state index contributed by atoms with van der Waals surface area (Å²) in [6.45, 7) is 3.88. The number of likely N-dealkylation sites (tertiary alicyclic amines) is 1. The van der Waals surface area contributed by atoms with Crippen LogP contribution in [-0.2, 0) is 6.42 Å². The first-order valence-electron chi connectivity index (χ1n) is 13.1. The van der Waals surface area contributed by atoms with Crippen LogP contribution in [0.15, 0.2) is 60.9 Å². The van der Waals surface area contributed by atoms with E-state index in [9.17, 15) is 5.11 Å². The number of ether oxygens (including phenoxy) is 1. The van der Waals surface area contributed by atoms with Crippen LogP contribution in [0.1, 0.15) is 42.1 Å². The van der Waals surface area contributed by atoms with E-state index >= 15 is 0 Å². The first kappa shape index (κ1) is 24.2. The van der Waals surface area contributed by atoms with Gasteiger partial charge in [0.25, 0.3) is 0 Å². The maximum absolute atomic E-state index is 10.5. The average molecular weight is 518 g/mol. The van der Waals surface area contributed by atoms with E-state index in [4.69, 9.17) is 16.3 Å². The Bertz CT molecular complexity index is 1340. The second-order valence-electron chi connectivity index (χ2n) is 10.00. The summed E-state index contributed by atoms with van der Waals surface area (Å²) >= 11 is 6.34. The van der Waals surface area contributed by atoms with Gasteiger partial charge in [-0.3, -0.25) is 0 Å². The molecule has 0 bridgehead atoms. The first-order valence-corrected chi connectivity index (χ1v) is 13.5. The average Bonchev–Trinajstić information content (AvgIpc) is 3.30. The summed E-state index contributed by atoms with van der Waals surface area (Å²) in [5, 5.41) is 12.4. The summed E-state index contributed by atoms with van der Waals surface area (Å²) in [7, 11) is 0. The van der Waals surface area contributed by atoms with Crippen LogP contribution in [0.2, 0.25) is 5.02 Å². The molecule has 2 aromatic heterocycles. The van der Waals surface area contributed by atoms with E-state index in [1.807, 2.05) is 36.4 Å². The van der Waals surface area contributed by atoms with Crippen LogP contribution in [0.4, 0.5) is 5.95 Å². The van der Waals surface area contributed by atoms with Gasteiger partial charge in [-0.15, -0.1) is 0 Å². The molecule has 0 spiro atoms. The molecule has 2 N–H and O–H groups in total. The zero-order valence-corrected chi connectivity index (χ0v) is 21.6. The van der Waals surface area contributed by atoms with Gasteiger partial charge in [-0.1, -0.05) is 30.2 Å². The van der Waals surface area contributed by atoms with Crippen molar-refractivity contribution in [2.75, 3.05) is 37.7 Å². The fourth-order valence-corrected chi connectivity index (χ4v) is 5.87. The standard InChI is InChI=1S/C29H32ClN5O2/c30-21-7-10-26-25(17-21)24-11-16-35(29-31-12-4-13-32-29)28(27(24)33-26)20-5-8-23(9-6-20)37-19-22(36)18-34-14-2-1-3-15-34/h4-10,12-13,17,22,28,33,36H,1-3,11,14-16,18-19H2. The second kappa shape index (κ2) is 10.7. The number of benzene rings is 2. The van der Waals surface area contributed by atoms with Crippen molar-refractivity contribution in [3.05, 3.63) is 82.8 Å². The van der Waals surface area contributed by atoms with Gasteiger partial charge in [0.05, 0.1) is 6.04 Å². The maximum Gasteiger partial charge on any atom is 0.226 e. The molecule has 8 heteroatoms. The van der Waals surface area contributed by atoms with Crippen molar-refractivity contribution in [2.24, 2.45) is 0 Å². The number of aliphatic hydroxyl groups excluding tert-OH is 1. The number of aromatic amines is 1. The topological polar surface area (TPSA) is 77.5 Å². The Morgan fingerprint density at radius 1 is 1.03 bits per heavy atom. The van der Waals surface area contributed by atoms with Crippen molar-refractivity contribution in [3.63, 3.8) is 0 Å². The van der Waals surface area contributed by atoms with Gasteiger partial charge in [0.1, 0.15) is 18.5 Å². The number of hydrogen-bond acceptors (Lipinski definition) is 6. The lowest BCUT2D eigenvalue weighted by Crippen LogP contribution is -2.38. The zero-order chi connectivity index (χ0) is 25.2. The number of nitrogens with zero attached hydrogens (tertiary/aromatic N) is 4. The van der Waals surface area contributed by atoms with Gasteiger partial charge in [0.15, 0.2) is 0 Å². The lowest BCUT2D eigenvalue weighted by Gasteiger charge is -2.36. The second-order valence-corrected chi connectivity index (χ2v) is 10.4. The molecule has 4 heterocycles. The molecule has 7 nitrogen and oxygen atoms in total. The Morgan fingerprint density at radius 2 is 1.81 bits per heavy atom. The third-order valence-corrected chi connectivity index (χ3v) is 7.69. The Morgan fingerprint density at radius 3 is 2.59 bits per heavy atom. The first-order chi connectivity index (χ1) is 18.2. The number of piperidine rings is 1. The number of aromatic nitrogens is 3. The van der Waals surface area contributed by atoms with E-state index in [1.54, 1.807) is 12.4 Å². The minimum atomic E-state index is -0.498. The van der Waals surface area contributed by atoms with Crippen LogP contribution in [-0.4, -0.2) is 63.8 Å². The molecule has 192 valence electrons. The van der Waals surface area contributed by atoms with E-state index in [0.29, 0.717) is 12.5 Å². The molecule has 2 unspecified atom stereocenters. The van der Waals surface area contributed by atoms with E-state index in [0.717, 1.165) is 53.6 Å². The van der Waals surface area contributed by atoms with Crippen LogP contribution in [0, 0.1) is 0 Å². The molecular formula is C29H32ClN5O2. The predicted octanol–water partition coefficient (Wildman–Crippen LogP) is 4.99. The number of aliphatic hydroxyl groups is 1. The van der Waals surface area contributed by atoms with Crippen molar-refractivity contribution < 1.29 is 9.84 Å². The fourth-order valence-electron chi connectivity index (χ4n) is 5.69. The van der Waals surface area contributed by atoms with Crippen molar-refractivity contribution in [3.8, 4) is 5.75 Å². The van der Waals surface area contributed by atoms with Crippen molar-refractivity contribution >= 4 is 28.5 Å². The molecule has 2 aromatic carbocycles. The highest BCUT2D eigenvalue weighted by Gasteiger charge is 2.33. The maximum atomic E-state index is 10.5. The van der Waals surface area contributed by atoms with Crippen molar-refractivity contribution in [1.29, 1.82) is 0 Å². The summed E-state index contributed by atoms with van der Waals surface area (Å²) in [6.07, 6.45) is 7.66. The highest BCUT2D eigenvalue weighted by molar-refractivity contribution is 6.31. The summed E-state index contributed by atoms with van der Waals surface area (Å²) in [5.74, 6) is 1.46. The Labute approximate surface area is 222 Å². The number of anilines is 1. The normalized spacial score (nSPS) is 19.1. The molecule has 1 fully saturated rings. The number of halogens is 1. The predicted molar refractivity (Wildman–Crippen MR) is 146 cm³/mol. The van der Waals surface area contributed by atoms with E-state index in [2.05, 4.69) is 36.9 Å². The van der Waals surface area contributed by atoms with Gasteiger partial charge in [-0.2, -0.15) is 0 Å². The highest BCUT2D eigenvalue weighted by Crippen LogP contribution is 2.40. The molecule has 1 saturated heterocycles. The zero-order valence-electron chi connectivity index (χ0n) is 20.8. The molecule has 0 saturated carbocycles. The Kier molecular flexibility index (Phi) is 7.00. The minimum Gasteiger partial charge on any atom is -0.491 e. The molecule has 4 aromatic rings. The van der Waals surface area contributed by atoms with Crippen LogP contribution < -0.4 is 9.64 Å². The molecule has 37 heavy (non-hydrogen) atoms. The van der Waals surface area contributed by atoms with E-state index in [-0.39, 0.29) is 12.6 Å². The molecule has 0 radical (unpaired) electrons. The highest BCUT2D eigenvalue weighted by atomic mass is 35.5. The van der Waals surface area contributed by atoms with Crippen molar-refractivity contribution in [2.45, 2.75) is 37.8 Å². The van der Waals surface area contributed by atoms with Gasteiger partial charge in [-0.25, -0.2) is 9.97 Å². The van der Waals surface area contributed by atoms with Gasteiger partial charge >= 0.3 is 0 Å². The van der Waals surface area contributed by atoms with Crippen LogP contribution in [0.3, 0.4) is 0 Å². The largest absolute Gasteiger partial charge is 0.491 e. The van der Waals surface area contributed by atoms with Gasteiger partial charge in [-0.05, 0) is 79.9 Å². The van der Waals surface area contributed by atoms with Gasteiger partial charge < -0.3 is 24.6 Å². The van der Waals surface area contributed by atoms with Gasteiger partial charge in [0.2, 0.25) is 5.95 Å². The van der Waals surface area contributed by atoms with Crippen LogP contribution in [0.25, 0.3) is 10.9 Å². The molecule has 6 rings (SSSR count). The number of hydrogen-bond donors (Lipinski definition) is 2. The fraction of sp³-hybridized carbons (Fsp3) is 0.379. The minimum absolute atomic E-state index is 0.0731. The van der Waals surface area contributed by atoms with Crippen LogP contribution in [0.5, 0.6) is 5.75 Å². The number of β-amino-alcohol motifs (C(OH)–C–C–N with tert-alkyl or cyclic N) is 1. The quantitative estimate of drug-likeness (QED) is 0.359. The van der Waals surface area contributed by atoms with E-state index < -0.39 is 6.10 Å². The Balaban J connectivity index is 1.25. The molecule has 2 aliphatic heterocycles. The lowest BCUT2D eigenvalue weighted by atomic mass is 9.92. The SMILES string of the molecule is OC(COc1ccc(C2c3[nH]c4ccc(Cl)cc4c3CCN2c2ncccn2)cc1)CN1CCCCC1. The third kappa shape index (κ3) is 5.17. The number of rotatable bonds is 7. The van der Waals surface area contributed by atoms with Crippen molar-refractivity contribution in [1.82, 2.24) is 19.9 Å². The van der Waals surface area contributed by atoms with Crippen LogP contribution >= 0.6 is 11.6 Å². The summed E-state index contributed by atoms with van der Waals surface area (Å²) in [4.78, 5) is 17.3. The monoisotopic (exact) mass is 517 g/mol. The lowest BCUT2D eigenvalue weighted by molar-refractivity contribution is 0.0617. The molecular weight excluding hydrogens is 486 g/mol. The summed E-state index contributed by atoms with van der Waals surface area (Å²) < 4.78 is 5.96.